The summed E-state index contributed by atoms with van der Waals surface area (Å²) in [5.74, 6) is 6.59. The average molecular weight is 288 g/mol. The molecule has 1 aromatic heterocycles. The Balaban J connectivity index is 3.01. The van der Waals surface area contributed by atoms with E-state index >= 15 is 0 Å². The van der Waals surface area contributed by atoms with Crippen LogP contribution in [0.15, 0.2) is 10.7 Å². The van der Waals surface area contributed by atoms with Crippen LogP contribution >= 0.6 is 15.9 Å². The molecule has 0 unspecified atom stereocenters. The Kier molecular flexibility index (Phi) is 4.95. The Labute approximate surface area is 105 Å². The number of anilines is 2. The number of halogens is 1. The fourth-order valence-corrected chi connectivity index (χ4v) is 2.16. The molecule has 16 heavy (non-hydrogen) atoms. The summed E-state index contributed by atoms with van der Waals surface area (Å²) < 4.78 is 0.876. The molecule has 0 amide bonds. The van der Waals surface area contributed by atoms with Crippen LogP contribution < -0.4 is 16.2 Å². The van der Waals surface area contributed by atoms with E-state index in [4.69, 9.17) is 5.84 Å². The van der Waals surface area contributed by atoms with Crippen LogP contribution in [-0.2, 0) is 0 Å². The highest BCUT2D eigenvalue weighted by atomic mass is 79.9. The molecule has 0 atom stereocenters. The molecule has 1 aromatic rings. The van der Waals surface area contributed by atoms with Crippen LogP contribution in [0.5, 0.6) is 0 Å². The lowest BCUT2D eigenvalue weighted by molar-refractivity contribution is 0.585. The number of nitrogen functional groups attached to an aromatic ring is 1. The topological polar surface area (TPSA) is 67.1 Å². The fourth-order valence-electron chi connectivity index (χ4n) is 1.68. The van der Waals surface area contributed by atoms with E-state index < -0.39 is 0 Å². The zero-order chi connectivity index (χ0) is 12.1. The third-order valence-electron chi connectivity index (χ3n) is 2.68. The maximum atomic E-state index is 5.30. The van der Waals surface area contributed by atoms with Crippen LogP contribution in [0.3, 0.4) is 0 Å². The van der Waals surface area contributed by atoms with E-state index in [1.165, 1.54) is 0 Å². The lowest BCUT2D eigenvalue weighted by atomic mass is 10.1. The van der Waals surface area contributed by atoms with Gasteiger partial charge in [-0.05, 0) is 28.8 Å². The monoisotopic (exact) mass is 287 g/mol. The molecule has 90 valence electrons. The number of hydrazine groups is 1. The highest BCUT2D eigenvalue weighted by Gasteiger charge is 2.16. The van der Waals surface area contributed by atoms with Crippen molar-refractivity contribution in [2.45, 2.75) is 32.7 Å². The lowest BCUT2D eigenvalue weighted by Gasteiger charge is -2.28. The highest BCUT2D eigenvalue weighted by molar-refractivity contribution is 9.10. The second-order valence-corrected chi connectivity index (χ2v) is 4.45. The minimum Gasteiger partial charge on any atom is -0.356 e. The van der Waals surface area contributed by atoms with Crippen molar-refractivity contribution in [1.29, 1.82) is 0 Å². The molecule has 3 N–H and O–H groups in total. The highest BCUT2D eigenvalue weighted by Crippen LogP contribution is 2.26. The molecule has 0 saturated carbocycles. The van der Waals surface area contributed by atoms with Crippen molar-refractivity contribution in [3.63, 3.8) is 0 Å². The standard InChI is InChI=1S/C10H18BrN5/c1-4-7(5-2)16(3)9-8(11)6-13-10(14-9)15-12/h6-7H,4-5,12H2,1-3H3,(H,13,14,15). The molecule has 6 heteroatoms. The Morgan fingerprint density at radius 1 is 1.50 bits per heavy atom. The van der Waals surface area contributed by atoms with Crippen LogP contribution in [0.4, 0.5) is 11.8 Å². The van der Waals surface area contributed by atoms with Gasteiger partial charge in [-0.1, -0.05) is 13.8 Å². The quantitative estimate of drug-likeness (QED) is 0.642. The molecular weight excluding hydrogens is 270 g/mol. The van der Waals surface area contributed by atoms with Gasteiger partial charge in [0.1, 0.15) is 5.82 Å². The number of rotatable bonds is 5. The van der Waals surface area contributed by atoms with Crippen molar-refractivity contribution >= 4 is 27.7 Å². The summed E-state index contributed by atoms with van der Waals surface area (Å²) >= 11 is 3.45. The van der Waals surface area contributed by atoms with E-state index in [1.54, 1.807) is 6.20 Å². The summed E-state index contributed by atoms with van der Waals surface area (Å²) in [6.07, 6.45) is 3.86. The van der Waals surface area contributed by atoms with Crippen LogP contribution in [0.25, 0.3) is 0 Å². The van der Waals surface area contributed by atoms with Gasteiger partial charge in [-0.25, -0.2) is 10.8 Å². The summed E-state index contributed by atoms with van der Waals surface area (Å²) in [6, 6.07) is 0.469. The zero-order valence-corrected chi connectivity index (χ0v) is 11.5. The van der Waals surface area contributed by atoms with Gasteiger partial charge in [0, 0.05) is 19.3 Å². The van der Waals surface area contributed by atoms with Crippen LogP contribution in [-0.4, -0.2) is 23.1 Å². The third-order valence-corrected chi connectivity index (χ3v) is 3.24. The molecule has 1 heterocycles. The van der Waals surface area contributed by atoms with E-state index in [0.717, 1.165) is 23.1 Å². The minimum atomic E-state index is 0.427. The number of nitrogens with one attached hydrogen (secondary N) is 1. The average Bonchev–Trinajstić information content (AvgIpc) is 2.31. The van der Waals surface area contributed by atoms with E-state index in [9.17, 15) is 0 Å². The Morgan fingerprint density at radius 2 is 2.12 bits per heavy atom. The molecule has 0 aliphatic carbocycles. The summed E-state index contributed by atoms with van der Waals surface area (Å²) in [5, 5.41) is 0. The molecule has 1 rings (SSSR count). The number of nitrogens with zero attached hydrogens (tertiary/aromatic N) is 3. The van der Waals surface area contributed by atoms with Crippen molar-refractivity contribution < 1.29 is 0 Å². The Morgan fingerprint density at radius 3 is 2.62 bits per heavy atom. The minimum absolute atomic E-state index is 0.427. The smallest absolute Gasteiger partial charge is 0.239 e. The van der Waals surface area contributed by atoms with Gasteiger partial charge < -0.3 is 4.90 Å². The normalized spacial score (nSPS) is 10.6. The van der Waals surface area contributed by atoms with Gasteiger partial charge in [0.15, 0.2) is 0 Å². The van der Waals surface area contributed by atoms with Gasteiger partial charge in [-0.15, -0.1) is 0 Å². The maximum absolute atomic E-state index is 5.30. The zero-order valence-electron chi connectivity index (χ0n) is 9.87. The van der Waals surface area contributed by atoms with Crippen molar-refractivity contribution in [2.75, 3.05) is 17.4 Å². The first kappa shape index (κ1) is 13.2. The van der Waals surface area contributed by atoms with Crippen LogP contribution in [0, 0.1) is 0 Å². The predicted octanol–water partition coefficient (Wildman–Crippen LogP) is 2.15. The largest absolute Gasteiger partial charge is 0.356 e. The Bertz CT molecular complexity index is 340. The van der Waals surface area contributed by atoms with Crippen molar-refractivity contribution in [1.82, 2.24) is 9.97 Å². The summed E-state index contributed by atoms with van der Waals surface area (Å²) in [6.45, 7) is 4.34. The molecule has 0 saturated heterocycles. The fraction of sp³-hybridized carbons (Fsp3) is 0.600. The van der Waals surface area contributed by atoms with E-state index in [0.29, 0.717) is 12.0 Å². The molecule has 0 aliphatic rings. The van der Waals surface area contributed by atoms with Gasteiger partial charge in [0.05, 0.1) is 4.47 Å². The van der Waals surface area contributed by atoms with Gasteiger partial charge >= 0.3 is 0 Å². The van der Waals surface area contributed by atoms with E-state index in [1.807, 2.05) is 7.05 Å². The molecule has 0 fully saturated rings. The molecule has 5 nitrogen and oxygen atoms in total. The van der Waals surface area contributed by atoms with Crippen molar-refractivity contribution in [2.24, 2.45) is 5.84 Å². The second kappa shape index (κ2) is 6.00. The first-order valence-corrected chi connectivity index (χ1v) is 6.15. The van der Waals surface area contributed by atoms with E-state index in [-0.39, 0.29) is 0 Å². The number of hydrogen-bond donors (Lipinski definition) is 2. The van der Waals surface area contributed by atoms with E-state index in [2.05, 4.69) is 50.1 Å². The first-order valence-electron chi connectivity index (χ1n) is 5.36. The van der Waals surface area contributed by atoms with Gasteiger partial charge in [0.25, 0.3) is 0 Å². The molecule has 0 bridgehead atoms. The van der Waals surface area contributed by atoms with Gasteiger partial charge in [-0.3, -0.25) is 5.43 Å². The number of aromatic nitrogens is 2. The predicted molar refractivity (Wildman–Crippen MR) is 70.3 cm³/mol. The molecule has 0 radical (unpaired) electrons. The van der Waals surface area contributed by atoms with Crippen molar-refractivity contribution in [3.8, 4) is 0 Å². The summed E-state index contributed by atoms with van der Waals surface area (Å²) in [7, 11) is 2.03. The Hall–Kier alpha value is -0.880. The molecule has 0 aromatic carbocycles. The molecular formula is C10H18BrN5. The SMILES string of the molecule is CCC(CC)N(C)c1nc(NN)ncc1Br. The maximum Gasteiger partial charge on any atom is 0.239 e. The lowest BCUT2D eigenvalue weighted by Crippen LogP contribution is -2.31. The molecule has 0 aliphatic heterocycles. The summed E-state index contributed by atoms with van der Waals surface area (Å²) in [5.41, 5.74) is 2.45. The summed E-state index contributed by atoms with van der Waals surface area (Å²) in [4.78, 5) is 10.5. The van der Waals surface area contributed by atoms with Crippen molar-refractivity contribution in [3.05, 3.63) is 10.7 Å². The van der Waals surface area contributed by atoms with Crippen LogP contribution in [0.2, 0.25) is 0 Å². The molecule has 0 spiro atoms. The number of nitrogens with two attached hydrogens (primary N) is 1. The first-order chi connectivity index (χ1) is 7.63. The number of hydrogen-bond acceptors (Lipinski definition) is 5. The third kappa shape index (κ3) is 2.82. The van der Waals surface area contributed by atoms with Crippen LogP contribution in [0.1, 0.15) is 26.7 Å². The van der Waals surface area contributed by atoms with Gasteiger partial charge in [-0.2, -0.15) is 4.98 Å². The second-order valence-electron chi connectivity index (χ2n) is 3.59. The van der Waals surface area contributed by atoms with Gasteiger partial charge in [0.2, 0.25) is 5.95 Å².